The van der Waals surface area contributed by atoms with Crippen LogP contribution in [0.25, 0.3) is 0 Å². The Hall–Kier alpha value is -2.41. The maximum Gasteiger partial charge on any atom is 0.313 e. The number of nitro benzene ring substituents is 1. The number of anilines is 1. The summed E-state index contributed by atoms with van der Waals surface area (Å²) in [5.41, 5.74) is -0.218. The molecule has 1 aromatic heterocycles. The van der Waals surface area contributed by atoms with Gasteiger partial charge in [-0.3, -0.25) is 10.1 Å². The molecule has 1 aromatic carbocycles. The lowest BCUT2D eigenvalue weighted by Gasteiger charge is -2.08. The second-order valence-electron chi connectivity index (χ2n) is 4.12. The van der Waals surface area contributed by atoms with Gasteiger partial charge in [-0.1, -0.05) is 24.6 Å². The van der Waals surface area contributed by atoms with Crippen LogP contribution in [0, 0.1) is 10.1 Å². The first kappa shape index (κ1) is 15.0. The minimum Gasteiger partial charge on any atom is -0.430 e. The average molecular weight is 309 g/mol. The van der Waals surface area contributed by atoms with Crippen LogP contribution in [0.1, 0.15) is 13.3 Å². The summed E-state index contributed by atoms with van der Waals surface area (Å²) in [6, 6.07) is 5.88. The van der Waals surface area contributed by atoms with Gasteiger partial charge in [0.2, 0.25) is 11.6 Å². The second-order valence-corrected chi connectivity index (χ2v) is 4.52. The molecule has 21 heavy (non-hydrogen) atoms. The quantitative estimate of drug-likeness (QED) is 0.647. The number of rotatable bonds is 6. The largest absolute Gasteiger partial charge is 0.430 e. The zero-order valence-electron chi connectivity index (χ0n) is 11.2. The minimum absolute atomic E-state index is 0.0377. The molecule has 0 saturated heterocycles. The molecule has 8 heteroatoms. The molecule has 1 N–H and O–H groups in total. The van der Waals surface area contributed by atoms with Gasteiger partial charge in [-0.05, 0) is 12.5 Å². The molecule has 0 spiro atoms. The summed E-state index contributed by atoms with van der Waals surface area (Å²) in [7, 11) is 0. The average Bonchev–Trinajstić information content (AvgIpc) is 2.47. The van der Waals surface area contributed by atoms with E-state index in [2.05, 4.69) is 15.3 Å². The summed E-state index contributed by atoms with van der Waals surface area (Å²) in [5, 5.41) is 14.2. The SMILES string of the molecule is CCCNc1cc(Oc2c(Cl)cccc2[N+](=O)[O-])ncn1. The van der Waals surface area contributed by atoms with E-state index in [1.54, 1.807) is 6.07 Å². The van der Waals surface area contributed by atoms with Crippen molar-refractivity contribution in [3.63, 3.8) is 0 Å². The van der Waals surface area contributed by atoms with Crippen LogP contribution in [-0.2, 0) is 0 Å². The lowest BCUT2D eigenvalue weighted by molar-refractivity contribution is -0.385. The van der Waals surface area contributed by atoms with E-state index in [9.17, 15) is 10.1 Å². The molecular formula is C13H13ClN4O3. The van der Waals surface area contributed by atoms with Crippen LogP contribution < -0.4 is 10.1 Å². The summed E-state index contributed by atoms with van der Waals surface area (Å²) in [5.74, 6) is 0.723. The predicted octanol–water partition coefficient (Wildman–Crippen LogP) is 3.65. The molecule has 0 atom stereocenters. The molecule has 1 heterocycles. The highest BCUT2D eigenvalue weighted by Gasteiger charge is 2.19. The Morgan fingerprint density at radius 3 is 2.95 bits per heavy atom. The lowest BCUT2D eigenvalue weighted by Crippen LogP contribution is -2.02. The Kier molecular flexibility index (Phi) is 4.89. The van der Waals surface area contributed by atoms with Gasteiger partial charge < -0.3 is 10.1 Å². The van der Waals surface area contributed by atoms with Gasteiger partial charge in [-0.25, -0.2) is 9.97 Å². The molecule has 0 aliphatic rings. The molecule has 0 aliphatic carbocycles. The summed E-state index contributed by atoms with van der Waals surface area (Å²) in [4.78, 5) is 18.4. The fraction of sp³-hybridized carbons (Fsp3) is 0.231. The third kappa shape index (κ3) is 3.79. The first-order chi connectivity index (χ1) is 10.1. The van der Waals surface area contributed by atoms with Crippen molar-refractivity contribution < 1.29 is 9.66 Å². The van der Waals surface area contributed by atoms with E-state index in [1.807, 2.05) is 6.92 Å². The molecule has 0 bridgehead atoms. The van der Waals surface area contributed by atoms with Gasteiger partial charge in [0.05, 0.1) is 9.95 Å². The number of nitro groups is 1. The summed E-state index contributed by atoms with van der Waals surface area (Å²) < 4.78 is 5.46. The Balaban J connectivity index is 2.28. The van der Waals surface area contributed by atoms with E-state index in [4.69, 9.17) is 16.3 Å². The Morgan fingerprint density at radius 2 is 2.24 bits per heavy atom. The number of benzene rings is 1. The lowest BCUT2D eigenvalue weighted by atomic mass is 10.3. The highest BCUT2D eigenvalue weighted by Crippen LogP contribution is 2.37. The van der Waals surface area contributed by atoms with E-state index >= 15 is 0 Å². The van der Waals surface area contributed by atoms with Crippen LogP contribution in [-0.4, -0.2) is 21.4 Å². The predicted molar refractivity (Wildman–Crippen MR) is 79.0 cm³/mol. The number of hydrogen-bond donors (Lipinski definition) is 1. The maximum absolute atomic E-state index is 11.0. The third-order valence-electron chi connectivity index (χ3n) is 2.55. The number of nitrogens with zero attached hydrogens (tertiary/aromatic N) is 3. The first-order valence-corrected chi connectivity index (χ1v) is 6.66. The van der Waals surface area contributed by atoms with Crippen molar-refractivity contribution in [3.05, 3.63) is 45.7 Å². The number of nitrogens with one attached hydrogen (secondary N) is 1. The van der Waals surface area contributed by atoms with E-state index in [-0.39, 0.29) is 22.3 Å². The van der Waals surface area contributed by atoms with E-state index in [1.165, 1.54) is 24.5 Å². The zero-order chi connectivity index (χ0) is 15.2. The summed E-state index contributed by atoms with van der Waals surface area (Å²) in [6.45, 7) is 2.78. The Bertz CT molecular complexity index is 651. The Labute approximate surface area is 126 Å². The van der Waals surface area contributed by atoms with Crippen molar-refractivity contribution in [3.8, 4) is 11.6 Å². The van der Waals surface area contributed by atoms with E-state index in [0.717, 1.165) is 13.0 Å². The van der Waals surface area contributed by atoms with Crippen LogP contribution in [0.4, 0.5) is 11.5 Å². The van der Waals surface area contributed by atoms with Crippen LogP contribution >= 0.6 is 11.6 Å². The van der Waals surface area contributed by atoms with Crippen LogP contribution in [0.15, 0.2) is 30.6 Å². The van der Waals surface area contributed by atoms with Crippen molar-refractivity contribution >= 4 is 23.1 Å². The fourth-order valence-electron chi connectivity index (χ4n) is 1.59. The van der Waals surface area contributed by atoms with Crippen molar-refractivity contribution in [1.29, 1.82) is 0 Å². The molecular weight excluding hydrogens is 296 g/mol. The van der Waals surface area contributed by atoms with Gasteiger partial charge in [0.25, 0.3) is 0 Å². The normalized spacial score (nSPS) is 10.2. The number of aromatic nitrogens is 2. The minimum atomic E-state index is -0.557. The topological polar surface area (TPSA) is 90.2 Å². The zero-order valence-corrected chi connectivity index (χ0v) is 12.0. The van der Waals surface area contributed by atoms with E-state index in [0.29, 0.717) is 5.82 Å². The second kappa shape index (κ2) is 6.85. The van der Waals surface area contributed by atoms with Crippen molar-refractivity contribution in [2.45, 2.75) is 13.3 Å². The highest BCUT2D eigenvalue weighted by atomic mass is 35.5. The van der Waals surface area contributed by atoms with Crippen molar-refractivity contribution in [2.75, 3.05) is 11.9 Å². The van der Waals surface area contributed by atoms with Gasteiger partial charge in [0.15, 0.2) is 0 Å². The standard InChI is InChI=1S/C13H13ClN4O3/c1-2-6-15-11-7-12(17-8-16-11)21-13-9(14)4-3-5-10(13)18(19)20/h3-5,7-8H,2,6H2,1H3,(H,15,16,17). The fourth-order valence-corrected chi connectivity index (χ4v) is 1.80. The number of halogens is 1. The van der Waals surface area contributed by atoms with Gasteiger partial charge in [0.1, 0.15) is 12.1 Å². The number of para-hydroxylation sites is 1. The first-order valence-electron chi connectivity index (χ1n) is 6.28. The van der Waals surface area contributed by atoms with Crippen molar-refractivity contribution in [2.24, 2.45) is 0 Å². The van der Waals surface area contributed by atoms with Gasteiger partial charge in [-0.15, -0.1) is 0 Å². The molecule has 0 saturated carbocycles. The van der Waals surface area contributed by atoms with Crippen molar-refractivity contribution in [1.82, 2.24) is 9.97 Å². The third-order valence-corrected chi connectivity index (χ3v) is 2.85. The monoisotopic (exact) mass is 308 g/mol. The molecule has 2 rings (SSSR count). The summed E-state index contributed by atoms with van der Waals surface area (Å²) >= 11 is 5.96. The highest BCUT2D eigenvalue weighted by molar-refractivity contribution is 6.32. The van der Waals surface area contributed by atoms with E-state index < -0.39 is 4.92 Å². The summed E-state index contributed by atoms with van der Waals surface area (Å²) in [6.07, 6.45) is 2.26. The molecule has 0 amide bonds. The smallest absolute Gasteiger partial charge is 0.313 e. The van der Waals surface area contributed by atoms with Gasteiger partial charge in [0, 0.05) is 18.7 Å². The number of ether oxygens (including phenoxy) is 1. The molecule has 0 radical (unpaired) electrons. The molecule has 0 aliphatic heterocycles. The molecule has 2 aromatic rings. The van der Waals surface area contributed by atoms with Crippen LogP contribution in [0.3, 0.4) is 0 Å². The molecule has 0 unspecified atom stereocenters. The molecule has 0 fully saturated rings. The molecule has 110 valence electrons. The number of hydrogen-bond acceptors (Lipinski definition) is 6. The van der Waals surface area contributed by atoms with Gasteiger partial charge in [-0.2, -0.15) is 0 Å². The van der Waals surface area contributed by atoms with Crippen LogP contribution in [0.5, 0.6) is 11.6 Å². The maximum atomic E-state index is 11.0. The van der Waals surface area contributed by atoms with Gasteiger partial charge >= 0.3 is 5.69 Å². The Morgan fingerprint density at radius 1 is 1.43 bits per heavy atom. The van der Waals surface area contributed by atoms with Crippen LogP contribution in [0.2, 0.25) is 5.02 Å². The molecule has 7 nitrogen and oxygen atoms in total.